The van der Waals surface area contributed by atoms with Crippen LogP contribution in [0.4, 0.5) is 0 Å². The van der Waals surface area contributed by atoms with E-state index in [1.54, 1.807) is 6.08 Å². The molecular weight excluding hydrogens is 288 g/mol. The Bertz CT molecular complexity index is 549. The number of carboxylic acids is 1. The number of aliphatic hydroxyl groups excluding tert-OH is 1. The molecule has 0 heterocycles. The van der Waals surface area contributed by atoms with Gasteiger partial charge in [0.25, 0.3) is 0 Å². The standard InChI is InChI=1S/C20H28O3/c1-2-3-4-5-6-11-12-7-8-13-15(20(22)23)10-17(21)16-9-14(11)18(12)19(13)16/h7-8,10-14,16-19,21H,2-6,9H2,1H3,(H,22,23)/t11-,12+,13-,14-,16-,17-,18+,19-/m0/s1. The van der Waals surface area contributed by atoms with Crippen molar-refractivity contribution in [3.05, 3.63) is 23.8 Å². The monoisotopic (exact) mass is 316 g/mol. The molecule has 0 aromatic rings. The van der Waals surface area contributed by atoms with Crippen molar-refractivity contribution in [2.45, 2.75) is 51.6 Å². The average Bonchev–Trinajstić information content (AvgIpc) is 2.88. The maximum Gasteiger partial charge on any atom is 0.331 e. The van der Waals surface area contributed by atoms with Crippen LogP contribution in [-0.2, 0) is 4.79 Å². The van der Waals surface area contributed by atoms with Gasteiger partial charge in [-0.15, -0.1) is 0 Å². The fraction of sp³-hybridized carbons (Fsp3) is 0.750. The largest absolute Gasteiger partial charge is 0.478 e. The molecule has 8 atom stereocenters. The van der Waals surface area contributed by atoms with Crippen LogP contribution in [0.15, 0.2) is 23.8 Å². The molecule has 2 N–H and O–H groups in total. The van der Waals surface area contributed by atoms with Gasteiger partial charge in [-0.2, -0.15) is 0 Å². The first-order valence-electron chi connectivity index (χ1n) is 9.45. The Hall–Kier alpha value is -1.09. The second kappa shape index (κ2) is 5.77. The Balaban J connectivity index is 1.53. The summed E-state index contributed by atoms with van der Waals surface area (Å²) in [5.74, 6) is 2.61. The van der Waals surface area contributed by atoms with E-state index >= 15 is 0 Å². The quantitative estimate of drug-likeness (QED) is 0.581. The molecule has 3 nitrogen and oxygen atoms in total. The molecule has 0 aromatic carbocycles. The predicted octanol–water partition coefficient (Wildman–Crippen LogP) is 3.64. The molecule has 3 heteroatoms. The molecule has 0 radical (unpaired) electrons. The molecule has 2 fully saturated rings. The molecule has 0 spiro atoms. The normalized spacial score (nSPS) is 46.1. The van der Waals surface area contributed by atoms with Crippen molar-refractivity contribution in [3.63, 3.8) is 0 Å². The van der Waals surface area contributed by atoms with Gasteiger partial charge in [-0.3, -0.25) is 0 Å². The minimum atomic E-state index is -0.852. The second-order valence-corrected chi connectivity index (χ2v) is 8.14. The van der Waals surface area contributed by atoms with E-state index in [1.807, 2.05) is 0 Å². The Kier molecular flexibility index (Phi) is 3.87. The minimum Gasteiger partial charge on any atom is -0.478 e. The number of rotatable bonds is 6. The maximum absolute atomic E-state index is 11.5. The summed E-state index contributed by atoms with van der Waals surface area (Å²) >= 11 is 0. The highest BCUT2D eigenvalue weighted by atomic mass is 16.4. The van der Waals surface area contributed by atoms with Crippen LogP contribution in [0.25, 0.3) is 0 Å². The van der Waals surface area contributed by atoms with Gasteiger partial charge in [-0.05, 0) is 54.4 Å². The molecule has 0 aliphatic heterocycles. The highest BCUT2D eigenvalue weighted by Gasteiger charge is 2.63. The Morgan fingerprint density at radius 1 is 1.17 bits per heavy atom. The second-order valence-electron chi connectivity index (χ2n) is 8.14. The van der Waals surface area contributed by atoms with Crippen LogP contribution in [0.3, 0.4) is 0 Å². The fourth-order valence-electron chi connectivity index (χ4n) is 6.30. The Morgan fingerprint density at radius 3 is 2.74 bits per heavy atom. The van der Waals surface area contributed by atoms with Crippen LogP contribution >= 0.6 is 0 Å². The van der Waals surface area contributed by atoms with Gasteiger partial charge in [0.1, 0.15) is 0 Å². The molecule has 0 saturated heterocycles. The third kappa shape index (κ3) is 2.23. The minimum absolute atomic E-state index is 0.0354. The van der Waals surface area contributed by atoms with E-state index in [2.05, 4.69) is 19.1 Å². The van der Waals surface area contributed by atoms with Gasteiger partial charge in [0.15, 0.2) is 0 Å². The fourth-order valence-corrected chi connectivity index (χ4v) is 6.30. The van der Waals surface area contributed by atoms with Gasteiger partial charge < -0.3 is 10.2 Å². The smallest absolute Gasteiger partial charge is 0.331 e. The molecule has 0 unspecified atom stereocenters. The molecule has 2 saturated carbocycles. The van der Waals surface area contributed by atoms with E-state index in [1.165, 1.54) is 32.1 Å². The van der Waals surface area contributed by atoms with E-state index in [4.69, 9.17) is 0 Å². The van der Waals surface area contributed by atoms with Gasteiger partial charge in [-0.1, -0.05) is 44.8 Å². The van der Waals surface area contributed by atoms with E-state index in [9.17, 15) is 15.0 Å². The summed E-state index contributed by atoms with van der Waals surface area (Å²) in [6.45, 7) is 2.25. The lowest BCUT2D eigenvalue weighted by molar-refractivity contribution is -0.134. The van der Waals surface area contributed by atoms with Crippen molar-refractivity contribution >= 4 is 5.97 Å². The van der Waals surface area contributed by atoms with Gasteiger partial charge >= 0.3 is 5.97 Å². The van der Waals surface area contributed by atoms with Gasteiger partial charge in [0.2, 0.25) is 0 Å². The third-order valence-electron chi connectivity index (χ3n) is 7.21. The number of hydrogen-bond acceptors (Lipinski definition) is 2. The number of allylic oxidation sites excluding steroid dienone is 2. The number of aliphatic hydroxyl groups is 1. The van der Waals surface area contributed by atoms with E-state index in [0.717, 1.165) is 18.3 Å². The highest BCUT2D eigenvalue weighted by molar-refractivity contribution is 5.88. The van der Waals surface area contributed by atoms with Crippen LogP contribution < -0.4 is 0 Å². The summed E-state index contributed by atoms with van der Waals surface area (Å²) < 4.78 is 0. The number of carbonyl (C=O) groups is 1. The number of unbranched alkanes of at least 4 members (excludes halogenated alkanes) is 3. The Morgan fingerprint density at radius 2 is 2.00 bits per heavy atom. The summed E-state index contributed by atoms with van der Waals surface area (Å²) in [5.41, 5.74) is 0.431. The zero-order valence-electron chi connectivity index (χ0n) is 13.9. The van der Waals surface area contributed by atoms with E-state index in [0.29, 0.717) is 23.3 Å². The SMILES string of the molecule is CCCCCC[C@H]1[C@H]2C=C[C@H]3C(C(=O)O)=C[C@H](O)[C@@H]4C[C@@H]1[C@@H]2[C@H]43. The van der Waals surface area contributed by atoms with Gasteiger partial charge in [-0.25, -0.2) is 4.79 Å². The molecular formula is C20H28O3. The van der Waals surface area contributed by atoms with Crippen molar-refractivity contribution in [2.75, 3.05) is 0 Å². The summed E-state index contributed by atoms with van der Waals surface area (Å²) in [5, 5.41) is 19.9. The zero-order valence-corrected chi connectivity index (χ0v) is 13.9. The predicted molar refractivity (Wildman–Crippen MR) is 88.7 cm³/mol. The van der Waals surface area contributed by atoms with Crippen molar-refractivity contribution < 1.29 is 15.0 Å². The molecule has 0 bridgehead atoms. The number of hydrogen-bond donors (Lipinski definition) is 2. The molecule has 4 aliphatic carbocycles. The molecule has 23 heavy (non-hydrogen) atoms. The summed E-state index contributed by atoms with van der Waals surface area (Å²) in [7, 11) is 0. The average molecular weight is 316 g/mol. The molecule has 4 aliphatic rings. The molecule has 0 aromatic heterocycles. The molecule has 4 rings (SSSR count). The first kappa shape index (κ1) is 15.4. The van der Waals surface area contributed by atoms with Gasteiger partial charge in [0.05, 0.1) is 6.10 Å². The van der Waals surface area contributed by atoms with Crippen molar-refractivity contribution in [1.29, 1.82) is 0 Å². The highest BCUT2D eigenvalue weighted by Crippen LogP contribution is 2.67. The lowest BCUT2D eigenvalue weighted by Crippen LogP contribution is -2.50. The molecule has 126 valence electrons. The zero-order chi connectivity index (χ0) is 16.1. The van der Waals surface area contributed by atoms with E-state index < -0.39 is 12.1 Å². The van der Waals surface area contributed by atoms with Crippen LogP contribution in [0, 0.1) is 41.4 Å². The van der Waals surface area contributed by atoms with E-state index in [-0.39, 0.29) is 11.8 Å². The third-order valence-corrected chi connectivity index (χ3v) is 7.21. The van der Waals surface area contributed by atoms with Crippen LogP contribution in [0.1, 0.15) is 45.4 Å². The topological polar surface area (TPSA) is 57.5 Å². The van der Waals surface area contributed by atoms with Crippen molar-refractivity contribution in [3.8, 4) is 0 Å². The summed E-state index contributed by atoms with van der Waals surface area (Å²) in [4.78, 5) is 11.5. The lowest BCUT2D eigenvalue weighted by Gasteiger charge is -2.54. The number of carboxylic acid groups (broad SMARTS) is 1. The van der Waals surface area contributed by atoms with Crippen LogP contribution in [0.5, 0.6) is 0 Å². The van der Waals surface area contributed by atoms with Gasteiger partial charge in [0, 0.05) is 11.5 Å². The number of aliphatic carboxylic acids is 1. The van der Waals surface area contributed by atoms with Crippen LogP contribution in [0.2, 0.25) is 0 Å². The summed E-state index contributed by atoms with van der Waals surface area (Å²) in [6, 6.07) is 0. The first-order valence-corrected chi connectivity index (χ1v) is 9.45. The summed E-state index contributed by atoms with van der Waals surface area (Å²) in [6.07, 6.45) is 13.2. The van der Waals surface area contributed by atoms with Crippen molar-refractivity contribution in [1.82, 2.24) is 0 Å². The molecule has 0 amide bonds. The van der Waals surface area contributed by atoms with Crippen molar-refractivity contribution in [2.24, 2.45) is 41.4 Å². The first-order chi connectivity index (χ1) is 11.1. The lowest BCUT2D eigenvalue weighted by atomic mass is 9.50. The Labute approximate surface area is 138 Å². The van der Waals surface area contributed by atoms with Crippen LogP contribution in [-0.4, -0.2) is 22.3 Å². The maximum atomic E-state index is 11.5.